The maximum absolute atomic E-state index is 12.8. The summed E-state index contributed by atoms with van der Waals surface area (Å²) in [7, 11) is 1.82. The normalized spacial score (nSPS) is 15.0. The average Bonchev–Trinajstić information content (AvgIpc) is 3.05. The minimum Gasteiger partial charge on any atom is -0.387 e. The fourth-order valence-electron chi connectivity index (χ4n) is 2.95. The highest BCUT2D eigenvalue weighted by molar-refractivity contribution is 7.08. The minimum atomic E-state index is 0.0183. The summed E-state index contributed by atoms with van der Waals surface area (Å²) < 4.78 is 0. The third kappa shape index (κ3) is 3.43. The molecular weight excluding hydrogens is 322 g/mol. The zero-order chi connectivity index (χ0) is 16.9. The van der Waals surface area contributed by atoms with Crippen molar-refractivity contribution in [3.8, 4) is 0 Å². The Morgan fingerprint density at radius 3 is 2.38 bits per heavy atom. The molecule has 0 unspecified atom stereocenters. The Kier molecular flexibility index (Phi) is 5.15. The SMILES string of the molecule is CNc1ccccc1C(=O)N1CCCN(C(=O)c2ccsc2)CC1. The molecule has 0 spiro atoms. The number of benzene rings is 1. The molecule has 1 aliphatic heterocycles. The van der Waals surface area contributed by atoms with Crippen molar-refractivity contribution >= 4 is 28.8 Å². The van der Waals surface area contributed by atoms with Crippen molar-refractivity contribution in [2.24, 2.45) is 0 Å². The van der Waals surface area contributed by atoms with E-state index in [1.807, 2.05) is 57.9 Å². The molecule has 0 saturated carbocycles. The number of thiophene rings is 1. The van der Waals surface area contributed by atoms with E-state index in [1.165, 1.54) is 11.3 Å². The zero-order valence-corrected chi connectivity index (χ0v) is 14.5. The lowest BCUT2D eigenvalue weighted by molar-refractivity contribution is 0.0719. The van der Waals surface area contributed by atoms with Gasteiger partial charge in [0.1, 0.15) is 0 Å². The molecule has 0 atom stereocenters. The molecule has 2 amide bonds. The minimum absolute atomic E-state index is 0.0183. The monoisotopic (exact) mass is 343 g/mol. The van der Waals surface area contributed by atoms with Gasteiger partial charge < -0.3 is 15.1 Å². The number of hydrogen-bond donors (Lipinski definition) is 1. The van der Waals surface area contributed by atoms with Gasteiger partial charge in [-0.05, 0) is 30.0 Å². The summed E-state index contributed by atoms with van der Waals surface area (Å²) in [6, 6.07) is 9.37. The second-order valence-electron chi connectivity index (χ2n) is 5.75. The first-order valence-electron chi connectivity index (χ1n) is 8.08. The number of rotatable bonds is 3. The molecule has 24 heavy (non-hydrogen) atoms. The molecule has 1 saturated heterocycles. The van der Waals surface area contributed by atoms with E-state index < -0.39 is 0 Å². The highest BCUT2D eigenvalue weighted by Gasteiger charge is 2.24. The van der Waals surface area contributed by atoms with E-state index in [4.69, 9.17) is 0 Å². The van der Waals surface area contributed by atoms with Gasteiger partial charge in [0.05, 0.1) is 11.1 Å². The van der Waals surface area contributed by atoms with Crippen LogP contribution < -0.4 is 5.32 Å². The number of amides is 2. The summed E-state index contributed by atoms with van der Waals surface area (Å²) in [5.41, 5.74) is 2.25. The summed E-state index contributed by atoms with van der Waals surface area (Å²) in [4.78, 5) is 29.0. The average molecular weight is 343 g/mol. The summed E-state index contributed by atoms with van der Waals surface area (Å²) in [6.45, 7) is 2.49. The number of para-hydroxylation sites is 1. The Morgan fingerprint density at radius 1 is 1.00 bits per heavy atom. The van der Waals surface area contributed by atoms with Crippen LogP contribution in [-0.2, 0) is 0 Å². The van der Waals surface area contributed by atoms with Gasteiger partial charge in [0.25, 0.3) is 11.8 Å². The van der Waals surface area contributed by atoms with Crippen LogP contribution in [0.3, 0.4) is 0 Å². The van der Waals surface area contributed by atoms with Gasteiger partial charge in [0.15, 0.2) is 0 Å². The van der Waals surface area contributed by atoms with Crippen LogP contribution in [0.5, 0.6) is 0 Å². The quantitative estimate of drug-likeness (QED) is 0.932. The Hall–Kier alpha value is -2.34. The zero-order valence-electron chi connectivity index (χ0n) is 13.7. The van der Waals surface area contributed by atoms with Crippen molar-refractivity contribution in [2.45, 2.75) is 6.42 Å². The van der Waals surface area contributed by atoms with Crippen molar-refractivity contribution in [3.05, 3.63) is 52.2 Å². The molecule has 2 aromatic rings. The third-order valence-corrected chi connectivity index (χ3v) is 4.95. The third-order valence-electron chi connectivity index (χ3n) is 4.27. The molecule has 5 nitrogen and oxygen atoms in total. The smallest absolute Gasteiger partial charge is 0.256 e. The number of hydrogen-bond acceptors (Lipinski definition) is 4. The molecule has 0 bridgehead atoms. The molecule has 126 valence electrons. The van der Waals surface area contributed by atoms with E-state index in [0.29, 0.717) is 31.7 Å². The van der Waals surface area contributed by atoms with E-state index in [-0.39, 0.29) is 11.8 Å². The molecule has 6 heteroatoms. The second kappa shape index (κ2) is 7.49. The fourth-order valence-corrected chi connectivity index (χ4v) is 3.58. The van der Waals surface area contributed by atoms with Crippen LogP contribution in [0.4, 0.5) is 5.69 Å². The molecule has 1 aliphatic rings. The Labute approximate surface area is 145 Å². The largest absolute Gasteiger partial charge is 0.387 e. The first kappa shape index (κ1) is 16.5. The van der Waals surface area contributed by atoms with Crippen LogP contribution in [0.1, 0.15) is 27.1 Å². The first-order chi connectivity index (χ1) is 11.7. The number of carbonyl (C=O) groups excluding carboxylic acids is 2. The molecule has 1 fully saturated rings. The van der Waals surface area contributed by atoms with Crippen LogP contribution in [0.2, 0.25) is 0 Å². The fraction of sp³-hybridized carbons (Fsp3) is 0.333. The van der Waals surface area contributed by atoms with Crippen molar-refractivity contribution in [1.82, 2.24) is 9.80 Å². The number of carbonyl (C=O) groups is 2. The van der Waals surface area contributed by atoms with Crippen molar-refractivity contribution < 1.29 is 9.59 Å². The highest BCUT2D eigenvalue weighted by Crippen LogP contribution is 2.18. The molecular formula is C18H21N3O2S. The van der Waals surface area contributed by atoms with Crippen LogP contribution >= 0.6 is 11.3 Å². The Morgan fingerprint density at radius 2 is 1.71 bits per heavy atom. The Bertz CT molecular complexity index is 715. The topological polar surface area (TPSA) is 52.7 Å². The predicted molar refractivity (Wildman–Crippen MR) is 96.7 cm³/mol. The molecule has 2 heterocycles. The van der Waals surface area contributed by atoms with Gasteiger partial charge in [0, 0.05) is 44.3 Å². The van der Waals surface area contributed by atoms with Crippen molar-refractivity contribution in [1.29, 1.82) is 0 Å². The van der Waals surface area contributed by atoms with Crippen molar-refractivity contribution in [2.75, 3.05) is 38.5 Å². The van der Waals surface area contributed by atoms with Gasteiger partial charge in [-0.3, -0.25) is 9.59 Å². The van der Waals surface area contributed by atoms with Crippen LogP contribution in [0.25, 0.3) is 0 Å². The van der Waals surface area contributed by atoms with Crippen LogP contribution in [0.15, 0.2) is 41.1 Å². The summed E-state index contributed by atoms with van der Waals surface area (Å²) in [5, 5.41) is 6.85. The standard InChI is InChI=1S/C18H21N3O2S/c1-19-16-6-3-2-5-15(16)18(23)21-9-4-8-20(10-11-21)17(22)14-7-12-24-13-14/h2-3,5-7,12-13,19H,4,8-11H2,1H3. The van der Waals surface area contributed by atoms with Crippen LogP contribution in [0, 0.1) is 0 Å². The molecule has 0 aliphatic carbocycles. The van der Waals surface area contributed by atoms with E-state index in [2.05, 4.69) is 5.32 Å². The summed E-state index contributed by atoms with van der Waals surface area (Å²) in [5.74, 6) is 0.0750. The van der Waals surface area contributed by atoms with E-state index in [0.717, 1.165) is 17.7 Å². The molecule has 1 aromatic heterocycles. The maximum Gasteiger partial charge on any atom is 0.256 e. The molecule has 1 N–H and O–H groups in total. The second-order valence-corrected chi connectivity index (χ2v) is 6.53. The van der Waals surface area contributed by atoms with Gasteiger partial charge in [-0.2, -0.15) is 11.3 Å². The highest BCUT2D eigenvalue weighted by atomic mass is 32.1. The van der Waals surface area contributed by atoms with Gasteiger partial charge in [-0.25, -0.2) is 0 Å². The molecule has 1 aromatic carbocycles. The lowest BCUT2D eigenvalue weighted by Crippen LogP contribution is -2.37. The number of nitrogens with one attached hydrogen (secondary N) is 1. The number of nitrogens with zero attached hydrogens (tertiary/aromatic N) is 2. The summed E-state index contributed by atoms with van der Waals surface area (Å²) >= 11 is 1.52. The van der Waals surface area contributed by atoms with E-state index in [9.17, 15) is 9.59 Å². The Balaban J connectivity index is 1.69. The number of anilines is 1. The van der Waals surface area contributed by atoms with Crippen molar-refractivity contribution in [3.63, 3.8) is 0 Å². The van der Waals surface area contributed by atoms with Gasteiger partial charge >= 0.3 is 0 Å². The maximum atomic E-state index is 12.8. The van der Waals surface area contributed by atoms with Gasteiger partial charge in [0.2, 0.25) is 0 Å². The van der Waals surface area contributed by atoms with Gasteiger partial charge in [-0.15, -0.1) is 0 Å². The van der Waals surface area contributed by atoms with Crippen LogP contribution in [-0.4, -0.2) is 54.8 Å². The lowest BCUT2D eigenvalue weighted by atomic mass is 10.1. The first-order valence-corrected chi connectivity index (χ1v) is 9.02. The molecule has 0 radical (unpaired) electrons. The molecule has 3 rings (SSSR count). The van der Waals surface area contributed by atoms with Gasteiger partial charge in [-0.1, -0.05) is 12.1 Å². The lowest BCUT2D eigenvalue weighted by Gasteiger charge is -2.23. The predicted octanol–water partition coefficient (Wildman–Crippen LogP) is 2.78. The summed E-state index contributed by atoms with van der Waals surface area (Å²) in [6.07, 6.45) is 0.795. The van der Waals surface area contributed by atoms with E-state index in [1.54, 1.807) is 0 Å². The van der Waals surface area contributed by atoms with E-state index >= 15 is 0 Å².